The number of nitrogens with one attached hydrogen (secondary N) is 1. The largest absolute Gasteiger partial charge is 0.481 e. The Morgan fingerprint density at radius 3 is 3.26 bits per heavy atom. The smallest absolute Gasteiger partial charge is 0.225 e. The lowest BCUT2D eigenvalue weighted by atomic mass is 10.4. The predicted octanol–water partition coefficient (Wildman–Crippen LogP) is 0.677. The van der Waals surface area contributed by atoms with Crippen molar-refractivity contribution in [2.45, 2.75) is 25.8 Å². The van der Waals surface area contributed by atoms with E-state index in [4.69, 9.17) is 4.74 Å². The monoisotopic (exact) mass is 260 g/mol. The topological polar surface area (TPSA) is 77.8 Å². The van der Waals surface area contributed by atoms with E-state index in [0.29, 0.717) is 11.8 Å². The molecule has 0 aliphatic carbocycles. The van der Waals surface area contributed by atoms with E-state index in [1.807, 2.05) is 0 Å². The average molecular weight is 260 g/mol. The molecule has 0 fully saturated rings. The minimum absolute atomic E-state index is 0.556. The number of nitrogens with zero attached hydrogens (tertiary/aromatic N) is 5. The molecule has 0 atom stereocenters. The van der Waals surface area contributed by atoms with Crippen molar-refractivity contribution in [1.29, 1.82) is 0 Å². The zero-order valence-electron chi connectivity index (χ0n) is 10.8. The minimum Gasteiger partial charge on any atom is -0.481 e. The van der Waals surface area contributed by atoms with Crippen LogP contribution in [-0.4, -0.2) is 38.4 Å². The van der Waals surface area contributed by atoms with Gasteiger partial charge in [0.15, 0.2) is 0 Å². The summed E-state index contributed by atoms with van der Waals surface area (Å²) in [5, 5.41) is 11.6. The molecule has 0 amide bonds. The molecule has 2 aromatic rings. The molecule has 3 rings (SSSR count). The second-order valence-corrected chi connectivity index (χ2v) is 4.39. The molecule has 0 unspecified atom stereocenters. The molecule has 0 aromatic carbocycles. The van der Waals surface area contributed by atoms with Crippen LogP contribution in [0, 0.1) is 0 Å². The lowest BCUT2D eigenvalue weighted by Crippen LogP contribution is -2.11. The molecule has 7 heteroatoms. The van der Waals surface area contributed by atoms with E-state index in [-0.39, 0.29) is 0 Å². The highest BCUT2D eigenvalue weighted by molar-refractivity contribution is 5.27. The summed E-state index contributed by atoms with van der Waals surface area (Å²) in [6, 6.07) is 1.72. The molecule has 0 spiro atoms. The van der Waals surface area contributed by atoms with E-state index in [1.54, 1.807) is 19.4 Å². The number of ether oxygens (including phenoxy) is 1. The Hall–Kier alpha value is -2.18. The van der Waals surface area contributed by atoms with Crippen LogP contribution in [0.4, 0.5) is 5.95 Å². The van der Waals surface area contributed by atoms with Crippen LogP contribution in [0.3, 0.4) is 0 Å². The SMILES string of the molecule is COc1ccnc(NCCc2nnc3n2CCC3)n1. The first-order valence-electron chi connectivity index (χ1n) is 6.38. The summed E-state index contributed by atoms with van der Waals surface area (Å²) >= 11 is 0. The van der Waals surface area contributed by atoms with Crippen molar-refractivity contribution in [3.63, 3.8) is 0 Å². The van der Waals surface area contributed by atoms with Gasteiger partial charge in [-0.2, -0.15) is 4.98 Å². The summed E-state index contributed by atoms with van der Waals surface area (Å²) in [6.45, 7) is 1.76. The van der Waals surface area contributed by atoms with E-state index in [9.17, 15) is 0 Å². The highest BCUT2D eigenvalue weighted by Gasteiger charge is 2.16. The number of hydrogen-bond donors (Lipinski definition) is 1. The van der Waals surface area contributed by atoms with Gasteiger partial charge in [-0.3, -0.25) is 0 Å². The van der Waals surface area contributed by atoms with E-state index in [0.717, 1.165) is 37.6 Å². The summed E-state index contributed by atoms with van der Waals surface area (Å²) in [7, 11) is 1.59. The molecule has 2 aromatic heterocycles. The standard InChI is InChI=1S/C12H16N6O/c1-19-11-5-7-14-12(15-11)13-6-4-10-17-16-9-3-2-8-18(9)10/h5,7H,2-4,6,8H2,1H3,(H,13,14,15). The fraction of sp³-hybridized carbons (Fsp3) is 0.500. The van der Waals surface area contributed by atoms with E-state index < -0.39 is 0 Å². The predicted molar refractivity (Wildman–Crippen MR) is 69.1 cm³/mol. The minimum atomic E-state index is 0.556. The second kappa shape index (κ2) is 5.21. The van der Waals surface area contributed by atoms with Gasteiger partial charge in [0.25, 0.3) is 0 Å². The molecule has 0 saturated heterocycles. The van der Waals surface area contributed by atoms with Crippen LogP contribution < -0.4 is 10.1 Å². The van der Waals surface area contributed by atoms with Crippen molar-refractivity contribution in [3.05, 3.63) is 23.9 Å². The Balaban J connectivity index is 1.57. The maximum absolute atomic E-state index is 5.05. The average Bonchev–Trinajstić information content (AvgIpc) is 3.03. The first-order valence-corrected chi connectivity index (χ1v) is 6.38. The lowest BCUT2D eigenvalue weighted by Gasteiger charge is -2.06. The van der Waals surface area contributed by atoms with Gasteiger partial charge in [0.05, 0.1) is 7.11 Å². The van der Waals surface area contributed by atoms with Crippen molar-refractivity contribution < 1.29 is 4.74 Å². The molecule has 1 N–H and O–H groups in total. The van der Waals surface area contributed by atoms with Gasteiger partial charge in [-0.15, -0.1) is 10.2 Å². The Bertz CT molecular complexity index is 567. The van der Waals surface area contributed by atoms with Crippen LogP contribution in [0.2, 0.25) is 0 Å². The molecule has 0 bridgehead atoms. The van der Waals surface area contributed by atoms with Crippen molar-refractivity contribution in [3.8, 4) is 5.88 Å². The molecular weight excluding hydrogens is 244 g/mol. The number of rotatable bonds is 5. The zero-order chi connectivity index (χ0) is 13.1. The molecule has 0 saturated carbocycles. The number of anilines is 1. The summed E-state index contributed by atoms with van der Waals surface area (Å²) in [5.41, 5.74) is 0. The van der Waals surface area contributed by atoms with Gasteiger partial charge in [-0.05, 0) is 6.42 Å². The lowest BCUT2D eigenvalue weighted by molar-refractivity contribution is 0.397. The number of aromatic nitrogens is 5. The molecule has 0 radical (unpaired) electrons. The van der Waals surface area contributed by atoms with Gasteiger partial charge in [-0.1, -0.05) is 0 Å². The molecule has 7 nitrogen and oxygen atoms in total. The number of aryl methyl sites for hydroxylation is 1. The van der Waals surface area contributed by atoms with Crippen LogP contribution in [0.1, 0.15) is 18.1 Å². The zero-order valence-corrected chi connectivity index (χ0v) is 10.8. The summed E-state index contributed by atoms with van der Waals surface area (Å²) in [5.74, 6) is 3.26. The van der Waals surface area contributed by atoms with Crippen LogP contribution >= 0.6 is 0 Å². The van der Waals surface area contributed by atoms with Crippen molar-refractivity contribution in [2.75, 3.05) is 19.0 Å². The van der Waals surface area contributed by atoms with Crippen molar-refractivity contribution in [2.24, 2.45) is 0 Å². The van der Waals surface area contributed by atoms with Crippen LogP contribution in [0.15, 0.2) is 12.3 Å². The second-order valence-electron chi connectivity index (χ2n) is 4.39. The molecule has 1 aliphatic heterocycles. The van der Waals surface area contributed by atoms with Crippen LogP contribution in [0.25, 0.3) is 0 Å². The summed E-state index contributed by atoms with van der Waals surface area (Å²) < 4.78 is 7.25. The van der Waals surface area contributed by atoms with Crippen molar-refractivity contribution >= 4 is 5.95 Å². The molecular formula is C12H16N6O. The number of methoxy groups -OCH3 is 1. The quantitative estimate of drug-likeness (QED) is 0.851. The fourth-order valence-electron chi connectivity index (χ4n) is 2.22. The van der Waals surface area contributed by atoms with Crippen LogP contribution in [0.5, 0.6) is 5.88 Å². The highest BCUT2D eigenvalue weighted by atomic mass is 16.5. The Labute approximate surface area is 111 Å². The molecule has 1 aliphatic rings. The van der Waals surface area contributed by atoms with Gasteiger partial charge in [0.2, 0.25) is 11.8 Å². The third kappa shape index (κ3) is 2.49. The van der Waals surface area contributed by atoms with Gasteiger partial charge in [-0.25, -0.2) is 4.98 Å². The maximum Gasteiger partial charge on any atom is 0.225 e. The Kier molecular flexibility index (Phi) is 3.26. The van der Waals surface area contributed by atoms with Crippen molar-refractivity contribution in [1.82, 2.24) is 24.7 Å². The molecule has 19 heavy (non-hydrogen) atoms. The molecule has 3 heterocycles. The Morgan fingerprint density at radius 1 is 1.42 bits per heavy atom. The summed E-state index contributed by atoms with van der Waals surface area (Å²) in [6.07, 6.45) is 4.69. The maximum atomic E-state index is 5.05. The van der Waals surface area contributed by atoms with Gasteiger partial charge < -0.3 is 14.6 Å². The third-order valence-corrected chi connectivity index (χ3v) is 3.16. The van der Waals surface area contributed by atoms with Gasteiger partial charge >= 0.3 is 0 Å². The highest BCUT2D eigenvalue weighted by Crippen LogP contribution is 2.14. The first-order chi connectivity index (χ1) is 9.36. The van der Waals surface area contributed by atoms with E-state index in [2.05, 4.69) is 30.0 Å². The summed E-state index contributed by atoms with van der Waals surface area (Å²) in [4.78, 5) is 8.33. The normalized spacial score (nSPS) is 13.3. The van der Waals surface area contributed by atoms with E-state index >= 15 is 0 Å². The number of fused-ring (bicyclic) bond motifs is 1. The fourth-order valence-corrected chi connectivity index (χ4v) is 2.22. The molecule has 100 valence electrons. The number of hydrogen-bond acceptors (Lipinski definition) is 6. The van der Waals surface area contributed by atoms with Gasteiger partial charge in [0.1, 0.15) is 11.6 Å². The first kappa shape index (κ1) is 11.9. The Morgan fingerprint density at radius 2 is 2.37 bits per heavy atom. The van der Waals surface area contributed by atoms with Crippen LogP contribution in [-0.2, 0) is 19.4 Å². The van der Waals surface area contributed by atoms with Gasteiger partial charge in [0, 0.05) is 38.2 Å². The van der Waals surface area contributed by atoms with E-state index in [1.165, 1.54) is 6.42 Å². The third-order valence-electron chi connectivity index (χ3n) is 3.16.